The van der Waals surface area contributed by atoms with Crippen LogP contribution in [0.25, 0.3) is 0 Å². The van der Waals surface area contributed by atoms with Gasteiger partial charge in [-0.25, -0.2) is 0 Å². The first-order valence-corrected chi connectivity index (χ1v) is 4.96. The second kappa shape index (κ2) is 5.75. The molecular weight excluding hydrogens is 206 g/mol. The molecule has 1 amide bonds. The molecule has 5 heteroatoms. The number of amides is 1. The highest BCUT2D eigenvalue weighted by atomic mass is 16.5. The molecule has 0 radical (unpaired) electrons. The Labute approximate surface area is 94.1 Å². The SMILES string of the molecule is CCOc1ccc(CC(=O)N=C(N)N)cc1. The van der Waals surface area contributed by atoms with E-state index in [0.29, 0.717) is 6.61 Å². The van der Waals surface area contributed by atoms with Crippen molar-refractivity contribution < 1.29 is 9.53 Å². The van der Waals surface area contributed by atoms with Crippen molar-refractivity contribution in [2.75, 3.05) is 6.61 Å². The summed E-state index contributed by atoms with van der Waals surface area (Å²) in [4.78, 5) is 14.7. The second-order valence-electron chi connectivity index (χ2n) is 3.18. The van der Waals surface area contributed by atoms with Gasteiger partial charge in [0.1, 0.15) is 5.75 Å². The number of rotatable bonds is 4. The van der Waals surface area contributed by atoms with E-state index in [1.807, 2.05) is 31.2 Å². The maximum Gasteiger partial charge on any atom is 0.253 e. The molecule has 1 aromatic carbocycles. The minimum Gasteiger partial charge on any atom is -0.494 e. The number of hydrogen-bond acceptors (Lipinski definition) is 2. The van der Waals surface area contributed by atoms with Gasteiger partial charge in [-0.1, -0.05) is 12.1 Å². The molecule has 4 N–H and O–H groups in total. The first kappa shape index (κ1) is 12.0. The maximum absolute atomic E-state index is 11.3. The van der Waals surface area contributed by atoms with Crippen molar-refractivity contribution in [2.45, 2.75) is 13.3 Å². The first-order valence-electron chi connectivity index (χ1n) is 4.96. The average Bonchev–Trinajstić information content (AvgIpc) is 2.20. The van der Waals surface area contributed by atoms with E-state index in [2.05, 4.69) is 4.99 Å². The van der Waals surface area contributed by atoms with Crippen LogP contribution in [0.5, 0.6) is 5.75 Å². The number of ether oxygens (including phenoxy) is 1. The number of benzene rings is 1. The molecule has 1 aromatic rings. The Hall–Kier alpha value is -2.04. The molecule has 0 unspecified atom stereocenters. The number of guanidine groups is 1. The summed E-state index contributed by atoms with van der Waals surface area (Å²) in [7, 11) is 0. The summed E-state index contributed by atoms with van der Waals surface area (Å²) in [5, 5.41) is 0. The van der Waals surface area contributed by atoms with Gasteiger partial charge < -0.3 is 16.2 Å². The van der Waals surface area contributed by atoms with Crippen molar-refractivity contribution in [3.8, 4) is 5.75 Å². The molecule has 0 aliphatic rings. The number of nitrogens with zero attached hydrogens (tertiary/aromatic N) is 1. The highest BCUT2D eigenvalue weighted by Crippen LogP contribution is 2.12. The van der Waals surface area contributed by atoms with Gasteiger partial charge >= 0.3 is 0 Å². The lowest BCUT2D eigenvalue weighted by molar-refractivity contribution is -0.117. The highest BCUT2D eigenvalue weighted by molar-refractivity contribution is 5.92. The lowest BCUT2D eigenvalue weighted by Gasteiger charge is -2.03. The first-order chi connectivity index (χ1) is 7.61. The molecule has 0 fully saturated rings. The van der Waals surface area contributed by atoms with Gasteiger partial charge in [-0.15, -0.1) is 0 Å². The Morgan fingerprint density at radius 2 is 1.94 bits per heavy atom. The van der Waals surface area contributed by atoms with Gasteiger partial charge in [-0.3, -0.25) is 4.79 Å². The molecular formula is C11H15N3O2. The minimum atomic E-state index is -0.357. The van der Waals surface area contributed by atoms with Crippen LogP contribution in [0.3, 0.4) is 0 Å². The van der Waals surface area contributed by atoms with Crippen LogP contribution in [0.15, 0.2) is 29.3 Å². The van der Waals surface area contributed by atoms with Crippen molar-refractivity contribution in [3.05, 3.63) is 29.8 Å². The van der Waals surface area contributed by atoms with Crippen LogP contribution in [-0.2, 0) is 11.2 Å². The molecule has 16 heavy (non-hydrogen) atoms. The van der Waals surface area contributed by atoms with Crippen molar-refractivity contribution in [1.82, 2.24) is 0 Å². The van der Waals surface area contributed by atoms with E-state index < -0.39 is 0 Å². The van der Waals surface area contributed by atoms with E-state index in [-0.39, 0.29) is 18.3 Å². The second-order valence-corrected chi connectivity index (χ2v) is 3.18. The van der Waals surface area contributed by atoms with Gasteiger partial charge in [0.05, 0.1) is 13.0 Å². The van der Waals surface area contributed by atoms with Crippen molar-refractivity contribution >= 4 is 11.9 Å². The molecule has 5 nitrogen and oxygen atoms in total. The standard InChI is InChI=1S/C11H15N3O2/c1-2-16-9-5-3-8(4-6-9)7-10(15)14-11(12)13/h3-6H,2,7H2,1H3,(H4,12,13,14,15). The predicted molar refractivity (Wildman–Crippen MR) is 62.1 cm³/mol. The van der Waals surface area contributed by atoms with Gasteiger partial charge in [-0.05, 0) is 24.6 Å². The molecule has 0 aliphatic carbocycles. The molecule has 0 atom stereocenters. The van der Waals surface area contributed by atoms with E-state index in [0.717, 1.165) is 11.3 Å². The van der Waals surface area contributed by atoms with Gasteiger partial charge in [0.2, 0.25) is 0 Å². The third kappa shape index (κ3) is 4.00. The van der Waals surface area contributed by atoms with Crippen LogP contribution in [0.1, 0.15) is 12.5 Å². The number of aliphatic imine (C=N–C) groups is 1. The van der Waals surface area contributed by atoms with Crippen LogP contribution in [0.2, 0.25) is 0 Å². The average molecular weight is 221 g/mol. The zero-order valence-corrected chi connectivity index (χ0v) is 9.14. The summed E-state index contributed by atoms with van der Waals surface area (Å²) in [6, 6.07) is 7.24. The smallest absolute Gasteiger partial charge is 0.253 e. The Kier molecular flexibility index (Phi) is 4.32. The van der Waals surface area contributed by atoms with E-state index in [1.165, 1.54) is 0 Å². The molecule has 0 saturated carbocycles. The Bertz CT molecular complexity index is 381. The number of hydrogen-bond donors (Lipinski definition) is 2. The van der Waals surface area contributed by atoms with Crippen LogP contribution < -0.4 is 16.2 Å². The summed E-state index contributed by atoms with van der Waals surface area (Å²) < 4.78 is 5.28. The Morgan fingerprint density at radius 1 is 1.31 bits per heavy atom. The van der Waals surface area contributed by atoms with Crippen molar-refractivity contribution in [2.24, 2.45) is 16.5 Å². The fraction of sp³-hybridized carbons (Fsp3) is 0.273. The fourth-order valence-corrected chi connectivity index (χ4v) is 1.23. The Balaban J connectivity index is 2.61. The number of carbonyl (C=O) groups excluding carboxylic acids is 1. The van der Waals surface area contributed by atoms with E-state index in [4.69, 9.17) is 16.2 Å². The minimum absolute atomic E-state index is 0.185. The van der Waals surface area contributed by atoms with E-state index >= 15 is 0 Å². The third-order valence-electron chi connectivity index (χ3n) is 1.84. The van der Waals surface area contributed by atoms with Gasteiger partial charge in [-0.2, -0.15) is 4.99 Å². The largest absolute Gasteiger partial charge is 0.494 e. The summed E-state index contributed by atoms with van der Waals surface area (Å²) in [5.41, 5.74) is 11.0. The quantitative estimate of drug-likeness (QED) is 0.569. The predicted octanol–water partition coefficient (Wildman–Crippen LogP) is 0.428. The number of nitrogens with two attached hydrogens (primary N) is 2. The summed E-state index contributed by atoms with van der Waals surface area (Å²) >= 11 is 0. The zero-order valence-electron chi connectivity index (χ0n) is 9.14. The molecule has 0 bridgehead atoms. The Morgan fingerprint density at radius 3 is 2.44 bits per heavy atom. The third-order valence-corrected chi connectivity index (χ3v) is 1.84. The van der Waals surface area contributed by atoms with Crippen LogP contribution in [0, 0.1) is 0 Å². The lowest BCUT2D eigenvalue weighted by Crippen LogP contribution is -2.24. The normalized spacial score (nSPS) is 9.56. The highest BCUT2D eigenvalue weighted by Gasteiger charge is 2.02. The molecule has 0 saturated heterocycles. The molecule has 1 rings (SSSR count). The molecule has 0 aliphatic heterocycles. The summed E-state index contributed by atoms with van der Waals surface area (Å²) in [6.07, 6.45) is 0.185. The van der Waals surface area contributed by atoms with Gasteiger partial charge in [0.25, 0.3) is 5.91 Å². The number of carbonyl (C=O) groups is 1. The van der Waals surface area contributed by atoms with Crippen LogP contribution in [-0.4, -0.2) is 18.5 Å². The topological polar surface area (TPSA) is 90.7 Å². The lowest BCUT2D eigenvalue weighted by atomic mass is 10.1. The van der Waals surface area contributed by atoms with E-state index in [1.54, 1.807) is 0 Å². The van der Waals surface area contributed by atoms with Crippen LogP contribution in [0.4, 0.5) is 0 Å². The summed E-state index contributed by atoms with van der Waals surface area (Å²) in [6.45, 7) is 2.53. The molecule has 86 valence electrons. The molecule has 0 heterocycles. The monoisotopic (exact) mass is 221 g/mol. The van der Waals surface area contributed by atoms with Crippen molar-refractivity contribution in [3.63, 3.8) is 0 Å². The van der Waals surface area contributed by atoms with Gasteiger partial charge in [0, 0.05) is 0 Å². The maximum atomic E-state index is 11.3. The molecule has 0 aromatic heterocycles. The van der Waals surface area contributed by atoms with E-state index in [9.17, 15) is 4.79 Å². The van der Waals surface area contributed by atoms with Gasteiger partial charge in [0.15, 0.2) is 5.96 Å². The van der Waals surface area contributed by atoms with Crippen LogP contribution >= 0.6 is 0 Å². The van der Waals surface area contributed by atoms with Crippen molar-refractivity contribution in [1.29, 1.82) is 0 Å². The summed E-state index contributed by atoms with van der Waals surface area (Å²) in [5.74, 6) is 0.209. The fourth-order valence-electron chi connectivity index (χ4n) is 1.23. The zero-order chi connectivity index (χ0) is 12.0. The molecule has 0 spiro atoms.